The average Bonchev–Trinajstić information content (AvgIpc) is 3.70. The van der Waals surface area contributed by atoms with E-state index in [1.807, 2.05) is 69.3 Å². The van der Waals surface area contributed by atoms with Crippen LogP contribution in [0.1, 0.15) is 59.9 Å². The van der Waals surface area contributed by atoms with Gasteiger partial charge in [-0.15, -0.1) is 10.2 Å². The number of nitrogens with zero attached hydrogens (tertiary/aromatic N) is 5. The van der Waals surface area contributed by atoms with Gasteiger partial charge in [0.05, 0.1) is 0 Å². The first-order valence-corrected chi connectivity index (χ1v) is 13.9. The van der Waals surface area contributed by atoms with Crippen LogP contribution in [0.25, 0.3) is 11.4 Å². The molecule has 9 nitrogen and oxygen atoms in total. The lowest BCUT2D eigenvalue weighted by atomic mass is 10.1. The molecule has 1 N–H and O–H groups in total. The Labute approximate surface area is 234 Å². The monoisotopic (exact) mass is 540 g/mol. The van der Waals surface area contributed by atoms with Gasteiger partial charge in [-0.25, -0.2) is 0 Å². The normalized spacial score (nSPS) is 14.3. The van der Waals surface area contributed by atoms with Crippen LogP contribution in [0.4, 0.5) is 0 Å². The summed E-state index contributed by atoms with van der Waals surface area (Å²) in [6, 6.07) is 18.8. The Hall–Kier alpha value is -4.27. The zero-order valence-corrected chi connectivity index (χ0v) is 23.3. The van der Waals surface area contributed by atoms with Crippen molar-refractivity contribution in [1.82, 2.24) is 30.4 Å². The molecule has 2 amide bonds. The standard InChI is InChI=1S/C31H36N6O3/c1-21-11-14-25(15-12-21)30-33-35-37(34-30)20-28(38)36(18-17-24-8-6-7-22(2)19-24)29(27-16-13-23(3)40-27)31(39)32-26-9-4-5-10-26/h6-8,11-16,19,26,29H,4-5,9-10,17-18,20H2,1-3H3,(H,32,39)/t29-/m1/s1. The minimum Gasteiger partial charge on any atom is -0.464 e. The highest BCUT2D eigenvalue weighted by molar-refractivity contribution is 5.88. The van der Waals surface area contributed by atoms with E-state index in [0.29, 0.717) is 30.3 Å². The van der Waals surface area contributed by atoms with Crippen molar-refractivity contribution >= 4 is 11.8 Å². The summed E-state index contributed by atoms with van der Waals surface area (Å²) >= 11 is 0. The van der Waals surface area contributed by atoms with Gasteiger partial charge in [0.25, 0.3) is 5.91 Å². The van der Waals surface area contributed by atoms with Crippen LogP contribution in [0.2, 0.25) is 0 Å². The van der Waals surface area contributed by atoms with Crippen molar-refractivity contribution in [3.05, 3.63) is 88.9 Å². The van der Waals surface area contributed by atoms with Crippen LogP contribution in [0, 0.1) is 20.8 Å². The molecule has 0 aliphatic heterocycles. The molecule has 2 aromatic heterocycles. The number of nitrogens with one attached hydrogen (secondary N) is 1. The molecule has 4 aromatic rings. The van der Waals surface area contributed by atoms with Gasteiger partial charge in [-0.2, -0.15) is 4.80 Å². The molecule has 5 rings (SSSR count). The third-order valence-corrected chi connectivity index (χ3v) is 7.38. The smallest absolute Gasteiger partial charge is 0.250 e. The lowest BCUT2D eigenvalue weighted by Crippen LogP contribution is -2.47. The fraction of sp³-hybridized carbons (Fsp3) is 0.387. The number of carbonyl (C=O) groups is 2. The van der Waals surface area contributed by atoms with Crippen LogP contribution < -0.4 is 5.32 Å². The number of aryl methyl sites for hydroxylation is 3. The molecule has 0 spiro atoms. The van der Waals surface area contributed by atoms with Gasteiger partial charge in [-0.05, 0) is 62.9 Å². The summed E-state index contributed by atoms with van der Waals surface area (Å²) in [7, 11) is 0. The van der Waals surface area contributed by atoms with E-state index in [1.165, 1.54) is 4.80 Å². The molecule has 9 heteroatoms. The lowest BCUT2D eigenvalue weighted by Gasteiger charge is -2.30. The van der Waals surface area contributed by atoms with E-state index in [0.717, 1.165) is 47.9 Å². The maximum atomic E-state index is 13.9. The summed E-state index contributed by atoms with van der Waals surface area (Å²) in [5, 5.41) is 15.9. The number of benzene rings is 2. The Kier molecular flexibility index (Phi) is 8.38. The predicted molar refractivity (Wildman–Crippen MR) is 151 cm³/mol. The Bertz CT molecular complexity index is 1450. The summed E-state index contributed by atoms with van der Waals surface area (Å²) in [5.41, 5.74) is 4.18. The first-order valence-electron chi connectivity index (χ1n) is 13.9. The number of furan rings is 1. The highest BCUT2D eigenvalue weighted by Gasteiger charge is 2.35. The van der Waals surface area contributed by atoms with Crippen LogP contribution in [0.15, 0.2) is 65.1 Å². The van der Waals surface area contributed by atoms with Crippen LogP contribution in [0.3, 0.4) is 0 Å². The maximum absolute atomic E-state index is 13.9. The third kappa shape index (κ3) is 6.65. The summed E-state index contributed by atoms with van der Waals surface area (Å²) in [5.74, 6) is 1.04. The second-order valence-corrected chi connectivity index (χ2v) is 10.7. The number of amides is 2. The first-order chi connectivity index (χ1) is 19.4. The van der Waals surface area contributed by atoms with Gasteiger partial charge in [0, 0.05) is 18.2 Å². The molecule has 0 saturated heterocycles. The third-order valence-electron chi connectivity index (χ3n) is 7.38. The first kappa shape index (κ1) is 27.3. The van der Waals surface area contributed by atoms with Crippen molar-refractivity contribution < 1.29 is 14.0 Å². The lowest BCUT2D eigenvalue weighted by molar-refractivity contribution is -0.142. The quantitative estimate of drug-likeness (QED) is 0.312. The van der Waals surface area contributed by atoms with Crippen LogP contribution >= 0.6 is 0 Å². The van der Waals surface area contributed by atoms with Gasteiger partial charge in [-0.1, -0.05) is 72.5 Å². The molecule has 0 radical (unpaired) electrons. The average molecular weight is 541 g/mol. The molecular formula is C31H36N6O3. The van der Waals surface area contributed by atoms with Gasteiger partial charge in [0.2, 0.25) is 11.7 Å². The zero-order valence-electron chi connectivity index (χ0n) is 23.3. The van der Waals surface area contributed by atoms with Gasteiger partial charge < -0.3 is 14.6 Å². The highest BCUT2D eigenvalue weighted by atomic mass is 16.3. The zero-order chi connectivity index (χ0) is 28.1. The molecule has 2 aromatic carbocycles. The van der Waals surface area contributed by atoms with E-state index >= 15 is 0 Å². The largest absolute Gasteiger partial charge is 0.464 e. The van der Waals surface area contributed by atoms with Crippen LogP contribution in [-0.4, -0.2) is 49.5 Å². The molecule has 1 aliphatic rings. The van der Waals surface area contributed by atoms with Crippen molar-refractivity contribution in [2.24, 2.45) is 0 Å². The number of tetrazole rings is 1. The van der Waals surface area contributed by atoms with Crippen molar-refractivity contribution in [2.75, 3.05) is 6.54 Å². The van der Waals surface area contributed by atoms with E-state index in [9.17, 15) is 9.59 Å². The maximum Gasteiger partial charge on any atom is 0.250 e. The van der Waals surface area contributed by atoms with E-state index < -0.39 is 6.04 Å². The molecule has 1 atom stereocenters. The van der Waals surface area contributed by atoms with Gasteiger partial charge in [0.15, 0.2) is 6.04 Å². The summed E-state index contributed by atoms with van der Waals surface area (Å²) in [6.45, 7) is 6.06. The second kappa shape index (κ2) is 12.3. The fourth-order valence-corrected chi connectivity index (χ4v) is 5.23. The Balaban J connectivity index is 1.42. The molecule has 1 fully saturated rings. The molecule has 40 heavy (non-hydrogen) atoms. The van der Waals surface area contributed by atoms with E-state index in [-0.39, 0.29) is 24.4 Å². The number of aromatic nitrogens is 4. The molecular weight excluding hydrogens is 504 g/mol. The molecule has 0 unspecified atom stereocenters. The minimum absolute atomic E-state index is 0.105. The summed E-state index contributed by atoms with van der Waals surface area (Å²) in [6.07, 6.45) is 4.65. The number of hydrogen-bond donors (Lipinski definition) is 1. The molecule has 0 bridgehead atoms. The van der Waals surface area contributed by atoms with Crippen molar-refractivity contribution in [3.63, 3.8) is 0 Å². The Morgan fingerprint density at radius 3 is 2.50 bits per heavy atom. The molecule has 1 aliphatic carbocycles. The minimum atomic E-state index is -0.910. The van der Waals surface area contributed by atoms with Crippen molar-refractivity contribution in [3.8, 4) is 11.4 Å². The van der Waals surface area contributed by atoms with E-state index in [4.69, 9.17) is 4.42 Å². The topological polar surface area (TPSA) is 106 Å². The number of carbonyl (C=O) groups excluding carboxylic acids is 2. The van der Waals surface area contributed by atoms with Gasteiger partial charge >= 0.3 is 0 Å². The van der Waals surface area contributed by atoms with Crippen LogP contribution in [0.5, 0.6) is 0 Å². The van der Waals surface area contributed by atoms with Crippen LogP contribution in [-0.2, 0) is 22.6 Å². The summed E-state index contributed by atoms with van der Waals surface area (Å²) < 4.78 is 5.95. The molecule has 2 heterocycles. The molecule has 208 valence electrons. The predicted octanol–water partition coefficient (Wildman–Crippen LogP) is 4.73. The Morgan fingerprint density at radius 2 is 1.80 bits per heavy atom. The Morgan fingerprint density at radius 1 is 1.02 bits per heavy atom. The SMILES string of the molecule is Cc1ccc(-c2nnn(CC(=O)N(CCc3cccc(C)c3)[C@@H](C(=O)NC3CCCC3)c3ccc(C)o3)n2)cc1. The van der Waals surface area contributed by atoms with Gasteiger partial charge in [0.1, 0.15) is 18.1 Å². The van der Waals surface area contributed by atoms with E-state index in [1.54, 1.807) is 11.0 Å². The molecule has 1 saturated carbocycles. The van der Waals surface area contributed by atoms with Crippen molar-refractivity contribution in [2.45, 2.75) is 71.5 Å². The van der Waals surface area contributed by atoms with Gasteiger partial charge in [-0.3, -0.25) is 9.59 Å². The fourth-order valence-electron chi connectivity index (χ4n) is 5.23. The number of rotatable bonds is 10. The van der Waals surface area contributed by atoms with Crippen molar-refractivity contribution in [1.29, 1.82) is 0 Å². The highest BCUT2D eigenvalue weighted by Crippen LogP contribution is 2.27. The summed E-state index contributed by atoms with van der Waals surface area (Å²) in [4.78, 5) is 30.6. The van der Waals surface area contributed by atoms with E-state index in [2.05, 4.69) is 26.8 Å². The second-order valence-electron chi connectivity index (χ2n) is 10.7. The number of hydrogen-bond acceptors (Lipinski definition) is 6.